The summed E-state index contributed by atoms with van der Waals surface area (Å²) in [7, 11) is 1.39. The van der Waals surface area contributed by atoms with E-state index in [-0.39, 0.29) is 11.4 Å². The highest BCUT2D eigenvalue weighted by Gasteiger charge is 2.17. The fraction of sp³-hybridized carbons (Fsp3) is 0.250. The predicted molar refractivity (Wildman–Crippen MR) is 50.2 cm³/mol. The lowest BCUT2D eigenvalue weighted by Gasteiger charge is -2.07. The zero-order valence-corrected chi connectivity index (χ0v) is 8.75. The van der Waals surface area contributed by atoms with Crippen molar-refractivity contribution in [3.05, 3.63) is 21.8 Å². The average molecular weight is 246 g/mol. The van der Waals surface area contributed by atoms with Crippen LogP contribution in [0.1, 0.15) is 15.9 Å². The molecule has 0 amide bonds. The van der Waals surface area contributed by atoms with Crippen LogP contribution in [0.5, 0.6) is 5.88 Å². The molecule has 4 nitrogen and oxygen atoms in total. The molecule has 0 atom stereocenters. The molecule has 1 N–H and O–H groups in total. The zero-order chi connectivity index (χ0) is 10.0. The number of rotatable bonds is 2. The van der Waals surface area contributed by atoms with Crippen molar-refractivity contribution in [2.75, 3.05) is 7.11 Å². The first-order chi connectivity index (χ1) is 6.07. The second-order valence-electron chi connectivity index (χ2n) is 2.42. The molecule has 70 valence electrons. The minimum atomic E-state index is -1.04. The summed E-state index contributed by atoms with van der Waals surface area (Å²) in [5.74, 6) is -0.906. The first-order valence-electron chi connectivity index (χ1n) is 3.50. The molecule has 1 aromatic rings. The first kappa shape index (κ1) is 9.98. The SMILES string of the molecule is COc1ncc(Br)c(C)c1C(=O)O. The molecule has 0 aliphatic heterocycles. The lowest BCUT2D eigenvalue weighted by Crippen LogP contribution is -2.05. The van der Waals surface area contributed by atoms with Gasteiger partial charge in [0.1, 0.15) is 5.56 Å². The molecule has 0 aromatic carbocycles. The van der Waals surface area contributed by atoms with Crippen LogP contribution in [0.2, 0.25) is 0 Å². The van der Waals surface area contributed by atoms with E-state index < -0.39 is 5.97 Å². The number of carbonyl (C=O) groups is 1. The van der Waals surface area contributed by atoms with Gasteiger partial charge in [0.25, 0.3) is 0 Å². The Morgan fingerprint density at radius 1 is 1.69 bits per heavy atom. The van der Waals surface area contributed by atoms with Crippen LogP contribution < -0.4 is 4.74 Å². The van der Waals surface area contributed by atoms with E-state index in [4.69, 9.17) is 9.84 Å². The van der Waals surface area contributed by atoms with Gasteiger partial charge in [-0.25, -0.2) is 9.78 Å². The number of carboxylic acids is 1. The molecule has 5 heteroatoms. The van der Waals surface area contributed by atoms with Crippen LogP contribution in [0.25, 0.3) is 0 Å². The summed E-state index contributed by atoms with van der Waals surface area (Å²) < 4.78 is 5.49. The predicted octanol–water partition coefficient (Wildman–Crippen LogP) is 1.86. The van der Waals surface area contributed by atoms with Crippen molar-refractivity contribution >= 4 is 21.9 Å². The van der Waals surface area contributed by atoms with Gasteiger partial charge in [-0.15, -0.1) is 0 Å². The van der Waals surface area contributed by atoms with Gasteiger partial charge in [0.05, 0.1) is 7.11 Å². The summed E-state index contributed by atoms with van der Waals surface area (Å²) in [6, 6.07) is 0. The number of pyridine rings is 1. The van der Waals surface area contributed by atoms with Gasteiger partial charge < -0.3 is 9.84 Å². The normalized spacial score (nSPS) is 9.77. The van der Waals surface area contributed by atoms with Crippen molar-refractivity contribution in [2.45, 2.75) is 6.92 Å². The van der Waals surface area contributed by atoms with Gasteiger partial charge >= 0.3 is 5.97 Å². The third-order valence-electron chi connectivity index (χ3n) is 1.65. The van der Waals surface area contributed by atoms with E-state index in [0.717, 1.165) is 0 Å². The Labute approximate surface area is 83.7 Å². The minimum Gasteiger partial charge on any atom is -0.480 e. The second-order valence-corrected chi connectivity index (χ2v) is 3.27. The van der Waals surface area contributed by atoms with Crippen LogP contribution in [0.3, 0.4) is 0 Å². The maximum atomic E-state index is 10.8. The van der Waals surface area contributed by atoms with Crippen molar-refractivity contribution in [2.24, 2.45) is 0 Å². The molecule has 1 aromatic heterocycles. The number of aromatic carboxylic acids is 1. The molecule has 1 heterocycles. The van der Waals surface area contributed by atoms with Crippen LogP contribution in [0.15, 0.2) is 10.7 Å². The lowest BCUT2D eigenvalue weighted by atomic mass is 10.1. The first-order valence-corrected chi connectivity index (χ1v) is 4.29. The van der Waals surface area contributed by atoms with E-state index in [1.165, 1.54) is 13.3 Å². The molecule has 0 spiro atoms. The van der Waals surface area contributed by atoms with Crippen LogP contribution in [0.4, 0.5) is 0 Å². The standard InChI is InChI=1S/C8H8BrNO3/c1-4-5(9)3-10-7(13-2)6(4)8(11)12/h3H,1-2H3,(H,11,12). The van der Waals surface area contributed by atoms with E-state index in [1.54, 1.807) is 6.92 Å². The van der Waals surface area contributed by atoms with Crippen LogP contribution in [0, 0.1) is 6.92 Å². The van der Waals surface area contributed by atoms with Gasteiger partial charge in [-0.3, -0.25) is 0 Å². The molecule has 1 rings (SSSR count). The molecule has 0 saturated heterocycles. The molecular weight excluding hydrogens is 238 g/mol. The molecule has 0 saturated carbocycles. The molecule has 0 radical (unpaired) electrons. The largest absolute Gasteiger partial charge is 0.480 e. The van der Waals surface area contributed by atoms with E-state index in [0.29, 0.717) is 10.0 Å². The lowest BCUT2D eigenvalue weighted by molar-refractivity contribution is 0.0691. The number of hydrogen-bond acceptors (Lipinski definition) is 3. The van der Waals surface area contributed by atoms with Crippen molar-refractivity contribution in [3.8, 4) is 5.88 Å². The van der Waals surface area contributed by atoms with Gasteiger partial charge in [0, 0.05) is 10.7 Å². The van der Waals surface area contributed by atoms with Crippen LogP contribution >= 0.6 is 15.9 Å². The molecule has 0 aliphatic rings. The molecular formula is C8H8BrNO3. The zero-order valence-electron chi connectivity index (χ0n) is 7.17. The van der Waals surface area contributed by atoms with Gasteiger partial charge in [-0.05, 0) is 28.4 Å². The summed E-state index contributed by atoms with van der Waals surface area (Å²) in [5, 5.41) is 8.86. The summed E-state index contributed by atoms with van der Waals surface area (Å²) in [4.78, 5) is 14.6. The maximum Gasteiger partial charge on any atom is 0.341 e. The van der Waals surface area contributed by atoms with Gasteiger partial charge in [-0.1, -0.05) is 0 Å². The summed E-state index contributed by atoms with van der Waals surface area (Å²) >= 11 is 3.20. The Bertz CT molecular complexity index is 351. The quantitative estimate of drug-likeness (QED) is 0.865. The summed E-state index contributed by atoms with van der Waals surface area (Å²) in [5.41, 5.74) is 0.705. The Hall–Kier alpha value is -1.10. The topological polar surface area (TPSA) is 59.4 Å². The van der Waals surface area contributed by atoms with Crippen molar-refractivity contribution in [1.82, 2.24) is 4.98 Å². The number of aromatic nitrogens is 1. The third-order valence-corrected chi connectivity index (χ3v) is 2.45. The van der Waals surface area contributed by atoms with Gasteiger partial charge in [0.2, 0.25) is 5.88 Å². The molecule has 13 heavy (non-hydrogen) atoms. The molecule has 0 aliphatic carbocycles. The van der Waals surface area contributed by atoms with Crippen molar-refractivity contribution < 1.29 is 14.6 Å². The number of ether oxygens (including phenoxy) is 1. The Balaban J connectivity index is 3.41. The summed E-state index contributed by atoms with van der Waals surface area (Å²) in [6.07, 6.45) is 1.51. The van der Waals surface area contributed by atoms with E-state index in [2.05, 4.69) is 20.9 Å². The van der Waals surface area contributed by atoms with E-state index in [1.807, 2.05) is 0 Å². The smallest absolute Gasteiger partial charge is 0.341 e. The van der Waals surface area contributed by atoms with Crippen molar-refractivity contribution in [1.29, 1.82) is 0 Å². The Morgan fingerprint density at radius 3 is 2.77 bits per heavy atom. The van der Waals surface area contributed by atoms with Gasteiger partial charge in [-0.2, -0.15) is 0 Å². The van der Waals surface area contributed by atoms with Gasteiger partial charge in [0.15, 0.2) is 0 Å². The average Bonchev–Trinajstić information content (AvgIpc) is 2.08. The number of hydrogen-bond donors (Lipinski definition) is 1. The Kier molecular flexibility index (Phi) is 2.87. The number of carboxylic acid groups (broad SMARTS) is 1. The third kappa shape index (κ3) is 1.80. The Morgan fingerprint density at radius 2 is 2.31 bits per heavy atom. The monoisotopic (exact) mass is 245 g/mol. The van der Waals surface area contributed by atoms with Crippen molar-refractivity contribution in [3.63, 3.8) is 0 Å². The van der Waals surface area contributed by atoms with E-state index in [9.17, 15) is 4.79 Å². The highest BCUT2D eigenvalue weighted by molar-refractivity contribution is 9.10. The highest BCUT2D eigenvalue weighted by Crippen LogP contribution is 2.25. The second kappa shape index (κ2) is 3.74. The fourth-order valence-corrected chi connectivity index (χ4v) is 1.26. The minimum absolute atomic E-state index is 0.0943. The van der Waals surface area contributed by atoms with E-state index >= 15 is 0 Å². The molecule has 0 fully saturated rings. The molecule has 0 unspecified atom stereocenters. The number of nitrogens with zero attached hydrogens (tertiary/aromatic N) is 1. The molecule has 0 bridgehead atoms. The maximum absolute atomic E-state index is 10.8. The van der Waals surface area contributed by atoms with Crippen LogP contribution in [-0.4, -0.2) is 23.2 Å². The van der Waals surface area contributed by atoms with Crippen LogP contribution in [-0.2, 0) is 0 Å². The highest BCUT2D eigenvalue weighted by atomic mass is 79.9. The number of halogens is 1. The fourth-order valence-electron chi connectivity index (χ4n) is 0.963. The number of methoxy groups -OCH3 is 1. The summed E-state index contributed by atoms with van der Waals surface area (Å²) in [6.45, 7) is 1.69.